The molecular weight excluding hydrogens is 448 g/mol. The van der Waals surface area contributed by atoms with E-state index in [4.69, 9.17) is 16.3 Å². The van der Waals surface area contributed by atoms with E-state index in [0.29, 0.717) is 30.0 Å². The van der Waals surface area contributed by atoms with Crippen LogP contribution in [0.15, 0.2) is 36.9 Å². The van der Waals surface area contributed by atoms with Gasteiger partial charge in [0, 0.05) is 6.54 Å². The van der Waals surface area contributed by atoms with Crippen LogP contribution in [0.3, 0.4) is 0 Å². The number of halogens is 1. The SMILES string of the molecule is C=CCN(C(=O)C1N([C@@H](CC)CO)C(=O)[C@@H]2[C@H](C(=O)O)[C@]3(C)CCC12O3)c1ccccc1Cl. The van der Waals surface area contributed by atoms with Crippen LogP contribution < -0.4 is 4.90 Å². The molecule has 8 nitrogen and oxygen atoms in total. The fourth-order valence-corrected chi connectivity index (χ4v) is 6.32. The van der Waals surface area contributed by atoms with Crippen LogP contribution in [-0.2, 0) is 19.1 Å². The van der Waals surface area contributed by atoms with E-state index < -0.39 is 52.9 Å². The minimum atomic E-state index is -1.28. The van der Waals surface area contributed by atoms with Crippen molar-refractivity contribution in [3.05, 3.63) is 41.9 Å². The standard InChI is InChI=1S/C24H29ClN2O6/c1-4-12-26(16-9-7-6-8-15(16)25)21(30)19-24-11-10-23(3,33-24)18(22(31)32)17(24)20(29)27(19)14(5-2)13-28/h4,6-9,14,17-19,28H,1,5,10-13H2,2-3H3,(H,31,32)/t14-,17-,18+,19?,23-,24?/m0/s1. The summed E-state index contributed by atoms with van der Waals surface area (Å²) >= 11 is 6.40. The van der Waals surface area contributed by atoms with Gasteiger partial charge in [0.2, 0.25) is 5.91 Å². The molecule has 2 amide bonds. The van der Waals surface area contributed by atoms with Crippen LogP contribution in [0.5, 0.6) is 0 Å². The highest BCUT2D eigenvalue weighted by atomic mass is 35.5. The molecule has 0 aliphatic carbocycles. The van der Waals surface area contributed by atoms with Gasteiger partial charge in [-0.05, 0) is 38.3 Å². The van der Waals surface area contributed by atoms with Crippen LogP contribution in [0.1, 0.15) is 33.1 Å². The second-order valence-corrected chi connectivity index (χ2v) is 9.65. The summed E-state index contributed by atoms with van der Waals surface area (Å²) in [6.45, 7) is 7.06. The average molecular weight is 477 g/mol. The molecule has 2 N–H and O–H groups in total. The zero-order valence-corrected chi connectivity index (χ0v) is 19.5. The predicted octanol–water partition coefficient (Wildman–Crippen LogP) is 2.48. The minimum Gasteiger partial charge on any atom is -0.481 e. The van der Waals surface area contributed by atoms with Crippen molar-refractivity contribution in [1.29, 1.82) is 0 Å². The van der Waals surface area contributed by atoms with E-state index >= 15 is 0 Å². The van der Waals surface area contributed by atoms with E-state index in [0.717, 1.165) is 0 Å². The zero-order valence-electron chi connectivity index (χ0n) is 18.7. The summed E-state index contributed by atoms with van der Waals surface area (Å²) in [5.41, 5.74) is -1.86. The van der Waals surface area contributed by atoms with Crippen molar-refractivity contribution in [2.45, 2.75) is 56.4 Å². The number of benzene rings is 1. The van der Waals surface area contributed by atoms with Gasteiger partial charge < -0.3 is 24.7 Å². The number of carbonyl (C=O) groups is 3. The molecule has 1 aromatic rings. The molecule has 3 saturated heterocycles. The number of rotatable bonds is 8. The second-order valence-electron chi connectivity index (χ2n) is 9.24. The van der Waals surface area contributed by atoms with Crippen LogP contribution >= 0.6 is 11.6 Å². The molecule has 3 heterocycles. The first-order valence-corrected chi connectivity index (χ1v) is 11.6. The Bertz CT molecular complexity index is 997. The summed E-state index contributed by atoms with van der Waals surface area (Å²) < 4.78 is 6.38. The number of hydrogen-bond donors (Lipinski definition) is 2. The number of aliphatic hydroxyl groups is 1. The molecule has 2 unspecified atom stereocenters. The number of aliphatic hydroxyl groups excluding tert-OH is 1. The molecule has 2 bridgehead atoms. The van der Waals surface area contributed by atoms with Gasteiger partial charge in [-0.3, -0.25) is 14.4 Å². The topological polar surface area (TPSA) is 107 Å². The number of carboxylic acid groups (broad SMARTS) is 1. The molecule has 0 aromatic heterocycles. The van der Waals surface area contributed by atoms with Gasteiger partial charge >= 0.3 is 5.97 Å². The lowest BCUT2D eigenvalue weighted by Gasteiger charge is -2.39. The third-order valence-electron chi connectivity index (χ3n) is 7.51. The smallest absolute Gasteiger partial charge is 0.310 e. The fourth-order valence-electron chi connectivity index (χ4n) is 6.08. The van der Waals surface area contributed by atoms with E-state index in [1.807, 2.05) is 6.92 Å². The number of aliphatic carboxylic acids is 1. The number of ether oxygens (including phenoxy) is 1. The maximum absolute atomic E-state index is 14.2. The number of nitrogens with zero attached hydrogens (tertiary/aromatic N) is 2. The highest BCUT2D eigenvalue weighted by molar-refractivity contribution is 6.34. The Morgan fingerprint density at radius 1 is 1.39 bits per heavy atom. The summed E-state index contributed by atoms with van der Waals surface area (Å²) in [6, 6.07) is 5.15. The van der Waals surface area contributed by atoms with Crippen molar-refractivity contribution < 1.29 is 29.3 Å². The van der Waals surface area contributed by atoms with Crippen LogP contribution in [0.25, 0.3) is 0 Å². The number of amides is 2. The van der Waals surface area contributed by atoms with Crippen LogP contribution in [0.4, 0.5) is 5.69 Å². The third-order valence-corrected chi connectivity index (χ3v) is 7.83. The largest absolute Gasteiger partial charge is 0.481 e. The summed E-state index contributed by atoms with van der Waals surface area (Å²) in [6.07, 6.45) is 2.77. The lowest BCUT2D eigenvalue weighted by Crippen LogP contribution is -2.59. The Kier molecular flexibility index (Phi) is 6.05. The average Bonchev–Trinajstić information content (AvgIpc) is 3.34. The molecule has 9 heteroatoms. The quantitative estimate of drug-likeness (QED) is 0.558. The fraction of sp³-hybridized carbons (Fsp3) is 0.542. The highest BCUT2D eigenvalue weighted by Crippen LogP contribution is 2.63. The Hall–Kier alpha value is -2.42. The molecule has 3 fully saturated rings. The van der Waals surface area contributed by atoms with Crippen LogP contribution in [0, 0.1) is 11.8 Å². The monoisotopic (exact) mass is 476 g/mol. The predicted molar refractivity (Wildman–Crippen MR) is 122 cm³/mol. The number of anilines is 1. The first-order chi connectivity index (χ1) is 15.7. The molecule has 4 rings (SSSR count). The number of carbonyl (C=O) groups excluding carboxylic acids is 2. The van der Waals surface area contributed by atoms with Crippen LogP contribution in [-0.4, -0.2) is 69.3 Å². The van der Waals surface area contributed by atoms with Gasteiger partial charge in [0.1, 0.15) is 11.6 Å². The molecule has 1 spiro atoms. The second kappa shape index (κ2) is 8.42. The Morgan fingerprint density at radius 2 is 2.09 bits per heavy atom. The van der Waals surface area contributed by atoms with Gasteiger partial charge in [-0.1, -0.05) is 36.7 Å². The van der Waals surface area contributed by atoms with Crippen molar-refractivity contribution in [3.8, 4) is 0 Å². The van der Waals surface area contributed by atoms with Crippen LogP contribution in [0.2, 0.25) is 5.02 Å². The van der Waals surface area contributed by atoms with E-state index in [9.17, 15) is 24.6 Å². The van der Waals surface area contributed by atoms with Gasteiger partial charge in [-0.2, -0.15) is 0 Å². The molecule has 178 valence electrons. The molecule has 6 atom stereocenters. The normalized spacial score (nSPS) is 33.2. The van der Waals surface area contributed by atoms with E-state index in [-0.39, 0.29) is 13.2 Å². The number of hydrogen-bond acceptors (Lipinski definition) is 5. The van der Waals surface area contributed by atoms with Gasteiger partial charge in [0.05, 0.1) is 40.8 Å². The maximum atomic E-state index is 14.2. The van der Waals surface area contributed by atoms with Gasteiger partial charge in [0.25, 0.3) is 5.91 Å². The molecule has 1 aromatic carbocycles. The Balaban J connectivity index is 1.87. The summed E-state index contributed by atoms with van der Waals surface area (Å²) in [7, 11) is 0. The third kappa shape index (κ3) is 3.30. The first kappa shape index (κ1) is 23.7. The first-order valence-electron chi connectivity index (χ1n) is 11.2. The van der Waals surface area contributed by atoms with Crippen molar-refractivity contribution in [3.63, 3.8) is 0 Å². The summed E-state index contributed by atoms with van der Waals surface area (Å²) in [5, 5.41) is 20.4. The molecule has 0 saturated carbocycles. The lowest BCUT2D eigenvalue weighted by molar-refractivity contribution is -0.155. The summed E-state index contributed by atoms with van der Waals surface area (Å²) in [4.78, 5) is 43.0. The van der Waals surface area contributed by atoms with Gasteiger partial charge in [-0.15, -0.1) is 6.58 Å². The number of fused-ring (bicyclic) bond motifs is 1. The minimum absolute atomic E-state index is 0.136. The van der Waals surface area contributed by atoms with Crippen molar-refractivity contribution >= 4 is 35.1 Å². The molecule has 0 radical (unpaired) electrons. The van der Waals surface area contributed by atoms with Crippen molar-refractivity contribution in [2.75, 3.05) is 18.1 Å². The Morgan fingerprint density at radius 3 is 2.67 bits per heavy atom. The van der Waals surface area contributed by atoms with E-state index in [1.54, 1.807) is 37.3 Å². The lowest BCUT2D eigenvalue weighted by atomic mass is 9.66. The van der Waals surface area contributed by atoms with E-state index in [1.165, 1.54) is 9.80 Å². The Labute approximate surface area is 197 Å². The maximum Gasteiger partial charge on any atom is 0.310 e. The molecular formula is C24H29ClN2O6. The van der Waals surface area contributed by atoms with Crippen molar-refractivity contribution in [2.24, 2.45) is 11.8 Å². The molecule has 3 aliphatic rings. The highest BCUT2D eigenvalue weighted by Gasteiger charge is 2.78. The number of likely N-dealkylation sites (tertiary alicyclic amines) is 1. The van der Waals surface area contributed by atoms with E-state index in [2.05, 4.69) is 6.58 Å². The summed E-state index contributed by atoms with van der Waals surface area (Å²) in [5.74, 6) is -4.07. The van der Waals surface area contributed by atoms with Gasteiger partial charge in [0.15, 0.2) is 0 Å². The zero-order chi connectivity index (χ0) is 24.1. The number of para-hydroxylation sites is 1. The van der Waals surface area contributed by atoms with Crippen molar-refractivity contribution in [1.82, 2.24) is 4.90 Å². The molecule has 3 aliphatic heterocycles. The van der Waals surface area contributed by atoms with Gasteiger partial charge in [-0.25, -0.2) is 0 Å². The molecule has 33 heavy (non-hydrogen) atoms. The number of carboxylic acids is 1.